The van der Waals surface area contributed by atoms with Gasteiger partial charge in [-0.25, -0.2) is 0 Å². The molecule has 3 N–H and O–H groups in total. The topological polar surface area (TPSA) is 47.3 Å². The second-order valence-corrected chi connectivity index (χ2v) is 4.08. The molecule has 12 heavy (non-hydrogen) atoms. The summed E-state index contributed by atoms with van der Waals surface area (Å²) in [5.41, 5.74) is 2.88. The van der Waals surface area contributed by atoms with E-state index in [1.807, 2.05) is 0 Å². The van der Waals surface area contributed by atoms with Gasteiger partial charge in [0, 0.05) is 12.0 Å². The summed E-state index contributed by atoms with van der Waals surface area (Å²) in [5, 5.41) is 0. The van der Waals surface area contributed by atoms with Crippen LogP contribution in [-0.2, 0) is 4.74 Å². The molecule has 3 atom stereocenters. The average Bonchev–Trinajstić information content (AvgIpc) is 2.37. The molecule has 0 radical (unpaired) electrons. The first-order valence-electron chi connectivity index (χ1n) is 4.73. The van der Waals surface area contributed by atoms with Gasteiger partial charge in [0.2, 0.25) is 0 Å². The second kappa shape index (κ2) is 4.21. The van der Waals surface area contributed by atoms with Crippen molar-refractivity contribution in [1.82, 2.24) is 5.43 Å². The lowest BCUT2D eigenvalue weighted by Crippen LogP contribution is -2.44. The van der Waals surface area contributed by atoms with Crippen LogP contribution in [0.4, 0.5) is 0 Å². The Balaban J connectivity index is 2.44. The first kappa shape index (κ1) is 9.96. The molecule has 1 aliphatic heterocycles. The summed E-state index contributed by atoms with van der Waals surface area (Å²) in [5.74, 6) is 6.66. The van der Waals surface area contributed by atoms with E-state index < -0.39 is 0 Å². The van der Waals surface area contributed by atoms with Crippen molar-refractivity contribution in [2.45, 2.75) is 39.3 Å². The van der Waals surface area contributed by atoms with Crippen LogP contribution in [-0.4, -0.2) is 18.8 Å². The van der Waals surface area contributed by atoms with E-state index in [0.717, 1.165) is 13.0 Å². The van der Waals surface area contributed by atoms with Crippen LogP contribution >= 0.6 is 0 Å². The quantitative estimate of drug-likeness (QED) is 0.491. The Hall–Kier alpha value is -0.120. The largest absolute Gasteiger partial charge is 0.378 e. The van der Waals surface area contributed by atoms with Crippen molar-refractivity contribution < 1.29 is 4.74 Å². The number of nitrogens with one attached hydrogen (secondary N) is 1. The minimum Gasteiger partial charge on any atom is -0.378 e. The predicted molar refractivity (Wildman–Crippen MR) is 49.5 cm³/mol. The van der Waals surface area contributed by atoms with Crippen LogP contribution in [0.1, 0.15) is 27.2 Å². The molecular formula is C9H20N2O. The molecule has 72 valence electrons. The molecular weight excluding hydrogens is 152 g/mol. The summed E-state index contributed by atoms with van der Waals surface area (Å²) in [4.78, 5) is 0. The molecule has 0 amide bonds. The smallest absolute Gasteiger partial charge is 0.0551 e. The number of hydrogen-bond acceptors (Lipinski definition) is 3. The summed E-state index contributed by atoms with van der Waals surface area (Å²) in [6.45, 7) is 7.35. The molecule has 0 aromatic rings. The van der Waals surface area contributed by atoms with Gasteiger partial charge in [0.1, 0.15) is 0 Å². The zero-order chi connectivity index (χ0) is 9.14. The van der Waals surface area contributed by atoms with Gasteiger partial charge >= 0.3 is 0 Å². The van der Waals surface area contributed by atoms with E-state index in [-0.39, 0.29) is 0 Å². The van der Waals surface area contributed by atoms with E-state index in [4.69, 9.17) is 10.6 Å². The van der Waals surface area contributed by atoms with Crippen molar-refractivity contribution in [3.8, 4) is 0 Å². The van der Waals surface area contributed by atoms with Crippen molar-refractivity contribution in [2.24, 2.45) is 17.7 Å². The maximum atomic E-state index is 5.50. The van der Waals surface area contributed by atoms with E-state index in [1.54, 1.807) is 0 Å². The third-order valence-corrected chi connectivity index (χ3v) is 2.65. The zero-order valence-corrected chi connectivity index (χ0v) is 8.21. The molecule has 0 aromatic carbocycles. The van der Waals surface area contributed by atoms with Crippen LogP contribution in [0, 0.1) is 11.8 Å². The highest BCUT2D eigenvalue weighted by Gasteiger charge is 2.30. The third-order valence-electron chi connectivity index (χ3n) is 2.65. The lowest BCUT2D eigenvalue weighted by molar-refractivity contribution is 0.114. The molecule has 1 fully saturated rings. The van der Waals surface area contributed by atoms with E-state index in [9.17, 15) is 0 Å². The normalized spacial score (nSPS) is 32.8. The van der Waals surface area contributed by atoms with Gasteiger partial charge in [0.15, 0.2) is 0 Å². The number of hydrogen-bond donors (Lipinski definition) is 2. The molecule has 3 heteroatoms. The van der Waals surface area contributed by atoms with Crippen molar-refractivity contribution in [2.75, 3.05) is 6.61 Å². The Labute approximate surface area is 74.6 Å². The van der Waals surface area contributed by atoms with Crippen molar-refractivity contribution in [1.29, 1.82) is 0 Å². The lowest BCUT2D eigenvalue weighted by atomic mass is 9.89. The van der Waals surface area contributed by atoms with E-state index in [0.29, 0.717) is 24.0 Å². The summed E-state index contributed by atoms with van der Waals surface area (Å²) in [7, 11) is 0. The maximum Gasteiger partial charge on any atom is 0.0551 e. The Bertz CT molecular complexity index is 138. The molecule has 3 nitrogen and oxygen atoms in total. The van der Waals surface area contributed by atoms with E-state index >= 15 is 0 Å². The molecule has 0 bridgehead atoms. The summed E-state index contributed by atoms with van der Waals surface area (Å²) < 4.78 is 5.50. The summed E-state index contributed by atoms with van der Waals surface area (Å²) in [6, 6.07) is 0.398. The maximum absolute atomic E-state index is 5.50. The predicted octanol–water partition coefficient (Wildman–Crippen LogP) is 0.899. The Morgan fingerprint density at radius 1 is 1.50 bits per heavy atom. The fourth-order valence-corrected chi connectivity index (χ4v) is 1.97. The molecule has 1 rings (SSSR count). The summed E-state index contributed by atoms with van der Waals surface area (Å²) in [6.07, 6.45) is 1.54. The minimum absolute atomic E-state index is 0.398. The van der Waals surface area contributed by atoms with Gasteiger partial charge in [-0.3, -0.25) is 11.3 Å². The SMILES string of the molecule is CC1CC(C(NN)C(C)C)CO1. The van der Waals surface area contributed by atoms with Crippen molar-refractivity contribution >= 4 is 0 Å². The molecule has 0 saturated carbocycles. The van der Waals surface area contributed by atoms with E-state index in [2.05, 4.69) is 26.2 Å². The van der Waals surface area contributed by atoms with Gasteiger partial charge in [-0.2, -0.15) is 0 Å². The number of rotatable bonds is 3. The number of ether oxygens (including phenoxy) is 1. The Morgan fingerprint density at radius 3 is 2.50 bits per heavy atom. The molecule has 0 aromatic heterocycles. The highest BCUT2D eigenvalue weighted by Crippen LogP contribution is 2.25. The van der Waals surface area contributed by atoms with Gasteiger partial charge in [-0.05, 0) is 19.3 Å². The van der Waals surface area contributed by atoms with Crippen LogP contribution in [0.25, 0.3) is 0 Å². The highest BCUT2D eigenvalue weighted by atomic mass is 16.5. The fraction of sp³-hybridized carbons (Fsp3) is 1.00. The minimum atomic E-state index is 0.398. The Kier molecular flexibility index (Phi) is 3.50. The molecule has 3 unspecified atom stereocenters. The first-order chi connectivity index (χ1) is 5.65. The summed E-state index contributed by atoms with van der Waals surface area (Å²) >= 11 is 0. The van der Waals surface area contributed by atoms with Crippen LogP contribution in [0.15, 0.2) is 0 Å². The monoisotopic (exact) mass is 172 g/mol. The van der Waals surface area contributed by atoms with Crippen molar-refractivity contribution in [3.63, 3.8) is 0 Å². The van der Waals surface area contributed by atoms with Gasteiger partial charge < -0.3 is 4.74 Å². The van der Waals surface area contributed by atoms with E-state index in [1.165, 1.54) is 0 Å². The molecule has 0 spiro atoms. The van der Waals surface area contributed by atoms with Crippen molar-refractivity contribution in [3.05, 3.63) is 0 Å². The van der Waals surface area contributed by atoms with Crippen LogP contribution in [0.3, 0.4) is 0 Å². The molecule has 1 heterocycles. The van der Waals surface area contributed by atoms with Crippen LogP contribution in [0.2, 0.25) is 0 Å². The highest BCUT2D eigenvalue weighted by molar-refractivity contribution is 4.82. The van der Waals surface area contributed by atoms with Gasteiger partial charge in [0.25, 0.3) is 0 Å². The standard InChI is InChI=1S/C9H20N2O/c1-6(2)9(11-10)8-4-7(3)12-5-8/h6-9,11H,4-5,10H2,1-3H3. The van der Waals surface area contributed by atoms with Crippen LogP contribution in [0.5, 0.6) is 0 Å². The number of hydrazine groups is 1. The average molecular weight is 172 g/mol. The zero-order valence-electron chi connectivity index (χ0n) is 8.21. The second-order valence-electron chi connectivity index (χ2n) is 4.08. The molecule has 1 aliphatic rings. The van der Waals surface area contributed by atoms with Gasteiger partial charge in [-0.1, -0.05) is 13.8 Å². The van der Waals surface area contributed by atoms with Gasteiger partial charge in [0.05, 0.1) is 12.7 Å². The van der Waals surface area contributed by atoms with Crippen LogP contribution < -0.4 is 11.3 Å². The Morgan fingerprint density at radius 2 is 2.17 bits per heavy atom. The third kappa shape index (κ3) is 2.19. The molecule has 1 saturated heterocycles. The first-order valence-corrected chi connectivity index (χ1v) is 4.73. The molecule has 0 aliphatic carbocycles. The fourth-order valence-electron chi connectivity index (χ4n) is 1.97. The van der Waals surface area contributed by atoms with Gasteiger partial charge in [-0.15, -0.1) is 0 Å². The number of nitrogens with two attached hydrogens (primary N) is 1. The lowest BCUT2D eigenvalue weighted by Gasteiger charge is -2.25.